The van der Waals surface area contributed by atoms with Gasteiger partial charge in [0.2, 0.25) is 0 Å². The first-order valence-corrected chi connectivity index (χ1v) is 9.46. The van der Waals surface area contributed by atoms with Crippen molar-refractivity contribution in [1.82, 2.24) is 0 Å². The third-order valence-electron chi connectivity index (χ3n) is 3.69. The van der Waals surface area contributed by atoms with E-state index in [4.69, 9.17) is 5.11 Å². The second-order valence-electron chi connectivity index (χ2n) is 6.31. The van der Waals surface area contributed by atoms with E-state index in [2.05, 4.69) is 43.9 Å². The molecule has 0 atom stereocenters. The van der Waals surface area contributed by atoms with Gasteiger partial charge in [-0.1, -0.05) is 39.5 Å². The maximum Gasteiger partial charge on any atom is 0.0319 e. The standard InChI is InChI=1S/2C7H13.C3H7N.CH4O.Nb/c2*1-7-5-3-2-4-6-7;1-3(2)4;1-2;/h2*2,7H,3-6H2,1H3;3H,1-2H3;2H,1H3;/q2*-1;;;. The van der Waals surface area contributed by atoms with E-state index in [-0.39, 0.29) is 0 Å². The van der Waals surface area contributed by atoms with Crippen LogP contribution in [0.1, 0.15) is 79.1 Å². The molecular weight excluding hydrogens is 339 g/mol. The normalized spacial score (nSPS) is 19.1. The van der Waals surface area contributed by atoms with E-state index >= 15 is 0 Å². The van der Waals surface area contributed by atoms with Gasteiger partial charge in [-0.2, -0.15) is 25.7 Å². The van der Waals surface area contributed by atoms with Crippen molar-refractivity contribution in [2.45, 2.75) is 85.1 Å². The number of hydrogen-bond acceptors (Lipinski definition) is 2. The molecular formula is C18H37NNbO-2. The number of rotatable bonds is 1. The van der Waals surface area contributed by atoms with Gasteiger partial charge in [-0.05, 0) is 11.8 Å². The number of aliphatic hydroxyl groups is 1. The van der Waals surface area contributed by atoms with Crippen LogP contribution in [0, 0.1) is 24.7 Å². The summed E-state index contributed by atoms with van der Waals surface area (Å²) in [5, 5.41) is 7.00. The maximum absolute atomic E-state index is 7.00. The molecule has 0 aliphatic heterocycles. The first-order valence-electron chi connectivity index (χ1n) is 8.48. The summed E-state index contributed by atoms with van der Waals surface area (Å²) >= 11 is 1.53. The largest absolute Gasteiger partial charge is 0.400 e. The molecule has 2 saturated carbocycles. The Labute approximate surface area is 146 Å². The second kappa shape index (κ2) is 18.5. The molecule has 0 aromatic rings. The number of hydrogen-bond donors (Lipinski definition) is 1. The van der Waals surface area contributed by atoms with Gasteiger partial charge < -0.3 is 17.9 Å². The van der Waals surface area contributed by atoms with E-state index in [1.54, 1.807) is 0 Å². The van der Waals surface area contributed by atoms with Crippen molar-refractivity contribution < 1.29 is 26.0 Å². The van der Waals surface area contributed by atoms with Crippen molar-refractivity contribution in [3.05, 3.63) is 12.8 Å². The van der Waals surface area contributed by atoms with E-state index in [1.807, 2.05) is 0 Å². The van der Waals surface area contributed by atoms with Crippen LogP contribution >= 0.6 is 0 Å². The minimum Gasteiger partial charge on any atom is -0.400 e. The van der Waals surface area contributed by atoms with Crippen LogP contribution < -0.4 is 0 Å². The zero-order valence-corrected chi connectivity index (χ0v) is 17.1. The molecule has 0 aromatic heterocycles. The van der Waals surface area contributed by atoms with Crippen molar-refractivity contribution in [3.8, 4) is 0 Å². The van der Waals surface area contributed by atoms with Gasteiger partial charge >= 0.3 is 44.1 Å². The van der Waals surface area contributed by atoms with Gasteiger partial charge in [0, 0.05) is 7.11 Å². The van der Waals surface area contributed by atoms with Crippen molar-refractivity contribution >= 4 is 0 Å². The molecule has 0 spiro atoms. The Morgan fingerprint density at radius 1 is 0.857 bits per heavy atom. The van der Waals surface area contributed by atoms with Gasteiger partial charge in [-0.3, -0.25) is 0 Å². The molecule has 2 rings (SSSR count). The van der Waals surface area contributed by atoms with Crippen LogP contribution in [0.15, 0.2) is 3.34 Å². The third-order valence-corrected chi connectivity index (χ3v) is 4.82. The fraction of sp³-hybridized carbons (Fsp3) is 0.889. The first-order chi connectivity index (χ1) is 10.1. The third kappa shape index (κ3) is 20.5. The smallest absolute Gasteiger partial charge is 0.0319 e. The molecule has 2 aliphatic rings. The summed E-state index contributed by atoms with van der Waals surface area (Å²) in [5.74, 6) is 2.01. The van der Waals surface area contributed by atoms with Gasteiger partial charge in [0.25, 0.3) is 0 Å². The van der Waals surface area contributed by atoms with Crippen LogP contribution in [-0.2, 0) is 20.9 Å². The minimum atomic E-state index is 0.531. The molecule has 127 valence electrons. The van der Waals surface area contributed by atoms with Gasteiger partial charge in [0.05, 0.1) is 0 Å². The van der Waals surface area contributed by atoms with Crippen LogP contribution in [-0.4, -0.2) is 18.3 Å². The van der Waals surface area contributed by atoms with Crippen molar-refractivity contribution in [2.75, 3.05) is 7.11 Å². The Hall–Kier alpha value is 0.500. The topological polar surface area (TPSA) is 32.6 Å². The molecule has 0 aromatic carbocycles. The summed E-state index contributed by atoms with van der Waals surface area (Å²) < 4.78 is 3.94. The van der Waals surface area contributed by atoms with Crippen LogP contribution in [0.25, 0.3) is 0 Å². The summed E-state index contributed by atoms with van der Waals surface area (Å²) in [4.78, 5) is 0. The van der Waals surface area contributed by atoms with Crippen molar-refractivity contribution in [3.63, 3.8) is 0 Å². The van der Waals surface area contributed by atoms with Crippen LogP contribution in [0.5, 0.6) is 0 Å². The van der Waals surface area contributed by atoms with Gasteiger partial charge in [-0.15, -0.1) is 0 Å². The average Bonchev–Trinajstić information content (AvgIpc) is 2.52. The Morgan fingerprint density at radius 2 is 1.10 bits per heavy atom. The average molecular weight is 376 g/mol. The van der Waals surface area contributed by atoms with Crippen LogP contribution in [0.2, 0.25) is 0 Å². The number of aliphatic hydroxyl groups excluding tert-OH is 1. The van der Waals surface area contributed by atoms with E-state index in [1.165, 1.54) is 72.3 Å². The Kier molecular flexibility index (Phi) is 21.0. The Balaban J connectivity index is 0. The summed E-state index contributed by atoms with van der Waals surface area (Å²) in [6, 6.07) is 0.531. The molecule has 0 heterocycles. The second-order valence-corrected chi connectivity index (χ2v) is 6.87. The maximum atomic E-state index is 7.00. The Bertz CT molecular complexity index is 181. The van der Waals surface area contributed by atoms with E-state index in [9.17, 15) is 0 Å². The van der Waals surface area contributed by atoms with Gasteiger partial charge in [0.15, 0.2) is 0 Å². The van der Waals surface area contributed by atoms with Crippen LogP contribution in [0.3, 0.4) is 0 Å². The van der Waals surface area contributed by atoms with Crippen molar-refractivity contribution in [1.29, 1.82) is 0 Å². The predicted molar refractivity (Wildman–Crippen MR) is 89.6 cm³/mol. The molecule has 3 heteroatoms. The van der Waals surface area contributed by atoms with Crippen LogP contribution in [0.4, 0.5) is 0 Å². The zero-order valence-electron chi connectivity index (χ0n) is 14.9. The monoisotopic (exact) mass is 376 g/mol. The van der Waals surface area contributed by atoms with E-state index < -0.39 is 0 Å². The first kappa shape index (κ1) is 23.8. The quantitative estimate of drug-likeness (QED) is 0.473. The molecule has 0 saturated heterocycles. The van der Waals surface area contributed by atoms with E-state index in [0.717, 1.165) is 18.9 Å². The number of nitrogens with zero attached hydrogens (tertiary/aromatic N) is 1. The van der Waals surface area contributed by atoms with Crippen molar-refractivity contribution in [2.24, 2.45) is 15.2 Å². The molecule has 0 amide bonds. The zero-order chi connectivity index (χ0) is 16.5. The van der Waals surface area contributed by atoms with E-state index in [0.29, 0.717) is 6.04 Å². The summed E-state index contributed by atoms with van der Waals surface area (Å²) in [6.07, 6.45) is 16.0. The molecule has 1 N–H and O–H groups in total. The van der Waals surface area contributed by atoms with Gasteiger partial charge in [0.1, 0.15) is 0 Å². The molecule has 2 aliphatic carbocycles. The summed E-state index contributed by atoms with van der Waals surface area (Å²) in [7, 11) is 1.00. The molecule has 2 nitrogen and oxygen atoms in total. The summed E-state index contributed by atoms with van der Waals surface area (Å²) in [6.45, 7) is 8.82. The molecule has 21 heavy (non-hydrogen) atoms. The molecule has 0 unspecified atom stereocenters. The molecule has 0 bridgehead atoms. The molecule has 2 fully saturated rings. The Morgan fingerprint density at radius 3 is 1.19 bits per heavy atom. The minimum absolute atomic E-state index is 0.531. The predicted octanol–water partition coefficient (Wildman–Crippen LogP) is 5.54. The SMILES string of the molecule is CC(C)[N]=[Nb].CC1CC[CH-]CC1.CC1CC[CH-]CC1.CO. The fourth-order valence-corrected chi connectivity index (χ4v) is 2.19. The fourth-order valence-electron chi connectivity index (χ4n) is 2.19. The molecule has 0 radical (unpaired) electrons. The summed E-state index contributed by atoms with van der Waals surface area (Å²) in [5.41, 5.74) is 0. The van der Waals surface area contributed by atoms with Gasteiger partial charge in [-0.25, -0.2) is 0 Å².